The van der Waals surface area contributed by atoms with Gasteiger partial charge < -0.3 is 9.73 Å². The first kappa shape index (κ1) is 15.5. The van der Waals surface area contributed by atoms with E-state index in [-0.39, 0.29) is 17.2 Å². The number of hydrogen-bond acceptors (Lipinski definition) is 4. The van der Waals surface area contributed by atoms with Gasteiger partial charge in [-0.25, -0.2) is 4.98 Å². The van der Waals surface area contributed by atoms with E-state index in [1.54, 1.807) is 29.7 Å². The Labute approximate surface area is 140 Å². The second-order valence-electron chi connectivity index (χ2n) is 4.99. The molecule has 0 spiro atoms. The Morgan fingerprint density at radius 1 is 1.30 bits per heavy atom. The first-order valence-corrected chi connectivity index (χ1v) is 7.85. The molecule has 118 valence electrons. The average Bonchev–Trinajstić information content (AvgIpc) is 2.97. The number of aromatic nitrogens is 2. The fourth-order valence-electron chi connectivity index (χ4n) is 2.35. The number of para-hydroxylation sites is 1. The lowest BCUT2D eigenvalue weighted by molar-refractivity contribution is 0.0923. The Morgan fingerprint density at radius 3 is 2.83 bits per heavy atom. The van der Waals surface area contributed by atoms with E-state index in [9.17, 15) is 9.59 Å². The zero-order valence-electron chi connectivity index (χ0n) is 12.4. The van der Waals surface area contributed by atoms with Crippen molar-refractivity contribution in [3.05, 3.63) is 63.0 Å². The molecule has 0 atom stereocenters. The van der Waals surface area contributed by atoms with Crippen LogP contribution in [0.3, 0.4) is 0 Å². The second kappa shape index (κ2) is 6.37. The smallest absolute Gasteiger partial charge is 0.287 e. The summed E-state index contributed by atoms with van der Waals surface area (Å²) in [4.78, 5) is 28.8. The van der Waals surface area contributed by atoms with E-state index in [4.69, 9.17) is 4.42 Å². The summed E-state index contributed by atoms with van der Waals surface area (Å²) in [5.41, 5.74) is 0.568. The zero-order valence-corrected chi connectivity index (χ0v) is 14.0. The van der Waals surface area contributed by atoms with Crippen LogP contribution in [-0.2, 0) is 6.54 Å². The van der Waals surface area contributed by atoms with Crippen molar-refractivity contribution in [2.75, 3.05) is 6.54 Å². The van der Waals surface area contributed by atoms with Crippen molar-refractivity contribution in [2.24, 2.45) is 0 Å². The van der Waals surface area contributed by atoms with Crippen LogP contribution in [0.2, 0.25) is 0 Å². The van der Waals surface area contributed by atoms with Crippen LogP contribution in [-0.4, -0.2) is 22.0 Å². The Hall–Kier alpha value is -2.41. The summed E-state index contributed by atoms with van der Waals surface area (Å²) in [6.07, 6.45) is 0. The third-order valence-electron chi connectivity index (χ3n) is 3.47. The van der Waals surface area contributed by atoms with Gasteiger partial charge in [-0.15, -0.1) is 0 Å². The number of fused-ring (bicyclic) bond motifs is 1. The summed E-state index contributed by atoms with van der Waals surface area (Å²) < 4.78 is 7.23. The first-order valence-electron chi connectivity index (χ1n) is 7.06. The van der Waals surface area contributed by atoms with Crippen molar-refractivity contribution >= 4 is 32.7 Å². The number of benzene rings is 1. The molecule has 0 saturated carbocycles. The highest BCUT2D eigenvalue weighted by molar-refractivity contribution is 9.10. The van der Waals surface area contributed by atoms with Crippen molar-refractivity contribution in [2.45, 2.75) is 13.5 Å². The van der Waals surface area contributed by atoms with Crippen LogP contribution >= 0.6 is 15.9 Å². The molecule has 1 amide bonds. The number of nitrogens with zero attached hydrogens (tertiary/aromatic N) is 2. The molecule has 0 aliphatic heterocycles. The van der Waals surface area contributed by atoms with Gasteiger partial charge >= 0.3 is 0 Å². The number of halogens is 1. The highest BCUT2D eigenvalue weighted by Gasteiger charge is 2.11. The third-order valence-corrected chi connectivity index (χ3v) is 3.90. The molecule has 0 unspecified atom stereocenters. The molecule has 1 N–H and O–H groups in total. The molecule has 3 aromatic rings. The number of carbonyl (C=O) groups is 1. The molecular formula is C16H14BrN3O3. The molecule has 3 rings (SSSR count). The summed E-state index contributed by atoms with van der Waals surface area (Å²) in [6, 6.07) is 10.4. The van der Waals surface area contributed by atoms with Crippen LogP contribution in [0.1, 0.15) is 16.4 Å². The normalized spacial score (nSPS) is 10.9. The minimum Gasteiger partial charge on any atom is -0.444 e. The summed E-state index contributed by atoms with van der Waals surface area (Å²) in [5, 5.41) is 3.29. The van der Waals surface area contributed by atoms with Gasteiger partial charge in [0.15, 0.2) is 10.4 Å². The number of rotatable bonds is 4. The lowest BCUT2D eigenvalue weighted by Crippen LogP contribution is -2.32. The van der Waals surface area contributed by atoms with Crippen LogP contribution in [0.5, 0.6) is 0 Å². The number of hydrogen-bond donors (Lipinski definition) is 1. The zero-order chi connectivity index (χ0) is 16.4. The minimum absolute atomic E-state index is 0.108. The van der Waals surface area contributed by atoms with Gasteiger partial charge in [-0.3, -0.25) is 14.2 Å². The molecule has 0 aliphatic rings. The van der Waals surface area contributed by atoms with Gasteiger partial charge in [0.25, 0.3) is 11.5 Å². The van der Waals surface area contributed by atoms with Gasteiger partial charge in [0, 0.05) is 13.1 Å². The van der Waals surface area contributed by atoms with Crippen LogP contribution in [0, 0.1) is 6.92 Å². The Bertz CT molecular complexity index is 930. The molecule has 6 nitrogen and oxygen atoms in total. The van der Waals surface area contributed by atoms with Crippen molar-refractivity contribution in [3.63, 3.8) is 0 Å². The van der Waals surface area contributed by atoms with Crippen LogP contribution in [0.4, 0.5) is 0 Å². The topological polar surface area (TPSA) is 77.1 Å². The fraction of sp³-hybridized carbons (Fsp3) is 0.188. The van der Waals surface area contributed by atoms with E-state index in [1.807, 2.05) is 18.2 Å². The van der Waals surface area contributed by atoms with Crippen LogP contribution in [0.15, 0.2) is 50.3 Å². The van der Waals surface area contributed by atoms with Gasteiger partial charge in [0.1, 0.15) is 5.82 Å². The average molecular weight is 376 g/mol. The van der Waals surface area contributed by atoms with Crippen molar-refractivity contribution in [3.8, 4) is 0 Å². The van der Waals surface area contributed by atoms with E-state index in [0.717, 1.165) is 0 Å². The lowest BCUT2D eigenvalue weighted by atomic mass is 10.2. The maximum Gasteiger partial charge on any atom is 0.287 e. The monoisotopic (exact) mass is 375 g/mol. The number of aryl methyl sites for hydroxylation is 1. The van der Waals surface area contributed by atoms with Crippen LogP contribution in [0.25, 0.3) is 10.9 Å². The first-order chi connectivity index (χ1) is 11.1. The summed E-state index contributed by atoms with van der Waals surface area (Å²) in [6.45, 7) is 2.42. The highest BCUT2D eigenvalue weighted by Crippen LogP contribution is 2.13. The van der Waals surface area contributed by atoms with Gasteiger partial charge in [-0.2, -0.15) is 0 Å². The van der Waals surface area contributed by atoms with E-state index in [2.05, 4.69) is 26.2 Å². The Morgan fingerprint density at radius 2 is 2.09 bits per heavy atom. The molecule has 23 heavy (non-hydrogen) atoms. The van der Waals surface area contributed by atoms with Gasteiger partial charge in [0.05, 0.1) is 10.9 Å². The van der Waals surface area contributed by atoms with Crippen LogP contribution < -0.4 is 10.9 Å². The quantitative estimate of drug-likeness (QED) is 0.759. The Kier molecular flexibility index (Phi) is 4.29. The molecule has 2 aromatic heterocycles. The number of amides is 1. The van der Waals surface area contributed by atoms with E-state index >= 15 is 0 Å². The molecule has 0 radical (unpaired) electrons. The number of nitrogens with one attached hydrogen (secondary N) is 1. The van der Waals surface area contributed by atoms with Crippen molar-refractivity contribution in [1.29, 1.82) is 0 Å². The molecule has 0 fully saturated rings. The largest absolute Gasteiger partial charge is 0.444 e. The maximum atomic E-state index is 12.5. The van der Waals surface area contributed by atoms with Crippen molar-refractivity contribution in [1.82, 2.24) is 14.9 Å². The summed E-state index contributed by atoms with van der Waals surface area (Å²) >= 11 is 3.15. The number of furan rings is 1. The van der Waals surface area contributed by atoms with Gasteiger partial charge in [0.2, 0.25) is 0 Å². The SMILES string of the molecule is Cc1nc2ccccc2c(=O)n1CCNC(=O)c1ccc(Br)o1. The van der Waals surface area contributed by atoms with E-state index in [1.165, 1.54) is 0 Å². The number of carbonyl (C=O) groups excluding carboxylic acids is 1. The standard InChI is InChI=1S/C16H14BrN3O3/c1-10-19-12-5-3-2-4-11(12)16(22)20(10)9-8-18-15(21)13-6-7-14(17)23-13/h2-7H,8-9H2,1H3,(H,18,21). The minimum atomic E-state index is -0.324. The predicted octanol–water partition coefficient (Wildman–Crippen LogP) is 2.49. The van der Waals surface area contributed by atoms with E-state index in [0.29, 0.717) is 34.5 Å². The molecule has 0 saturated heterocycles. The molecule has 0 bridgehead atoms. The molecular weight excluding hydrogens is 362 g/mol. The lowest BCUT2D eigenvalue weighted by Gasteiger charge is -2.11. The maximum absolute atomic E-state index is 12.5. The van der Waals surface area contributed by atoms with E-state index < -0.39 is 0 Å². The summed E-state index contributed by atoms with van der Waals surface area (Å²) in [7, 11) is 0. The fourth-order valence-corrected chi connectivity index (χ4v) is 2.65. The Balaban J connectivity index is 1.75. The molecule has 2 heterocycles. The highest BCUT2D eigenvalue weighted by atomic mass is 79.9. The van der Waals surface area contributed by atoms with Gasteiger partial charge in [-0.1, -0.05) is 12.1 Å². The molecule has 0 aliphatic carbocycles. The molecule has 1 aromatic carbocycles. The third kappa shape index (κ3) is 3.19. The van der Waals surface area contributed by atoms with Crippen molar-refractivity contribution < 1.29 is 9.21 Å². The summed E-state index contributed by atoms with van der Waals surface area (Å²) in [5.74, 6) is 0.511. The second-order valence-corrected chi connectivity index (χ2v) is 5.77. The predicted molar refractivity (Wildman–Crippen MR) is 89.5 cm³/mol. The molecule has 7 heteroatoms. The van der Waals surface area contributed by atoms with Gasteiger partial charge in [-0.05, 0) is 47.1 Å².